The van der Waals surface area contributed by atoms with Gasteiger partial charge in [-0.2, -0.15) is 0 Å². The van der Waals surface area contributed by atoms with Crippen molar-refractivity contribution in [2.24, 2.45) is 10.7 Å². The summed E-state index contributed by atoms with van der Waals surface area (Å²) >= 11 is 5.67. The number of nitrogens with two attached hydrogens (primary N) is 1. The van der Waals surface area contributed by atoms with Gasteiger partial charge < -0.3 is 5.73 Å². The summed E-state index contributed by atoms with van der Waals surface area (Å²) in [6.07, 6.45) is 1.83. The van der Waals surface area contributed by atoms with Crippen LogP contribution in [0.3, 0.4) is 0 Å². The second-order valence-electron chi connectivity index (χ2n) is 4.27. The molecule has 0 atom stereocenters. The van der Waals surface area contributed by atoms with Crippen LogP contribution in [-0.2, 0) is 16.4 Å². The van der Waals surface area contributed by atoms with Crippen LogP contribution in [0.1, 0.15) is 5.56 Å². The maximum absolute atomic E-state index is 11.8. The lowest BCUT2D eigenvalue weighted by atomic mass is 10.1. The fraction of sp³-hybridized carbons (Fsp3) is 0.250. The van der Waals surface area contributed by atoms with Gasteiger partial charge in [0.15, 0.2) is 0 Å². The van der Waals surface area contributed by atoms with E-state index in [1.165, 1.54) is 10.6 Å². The first-order valence-electron chi connectivity index (χ1n) is 5.59. The summed E-state index contributed by atoms with van der Waals surface area (Å²) in [5, 5.41) is 0.126. The van der Waals surface area contributed by atoms with Crippen LogP contribution in [0.25, 0.3) is 0 Å². The molecule has 0 unspecified atom stereocenters. The number of hydrogen-bond acceptors (Lipinski definition) is 3. The molecule has 0 bridgehead atoms. The molecular formula is C12H14ClN3O2S. The number of rotatable bonds is 3. The molecule has 1 aliphatic heterocycles. The van der Waals surface area contributed by atoms with Crippen LogP contribution in [0.4, 0.5) is 11.4 Å². The first-order valence-corrected chi connectivity index (χ1v) is 7.82. The number of nitrogens with zero attached hydrogens (tertiary/aromatic N) is 2. The Balaban J connectivity index is 2.58. The minimum atomic E-state index is -3.33. The first-order chi connectivity index (χ1) is 8.80. The summed E-state index contributed by atoms with van der Waals surface area (Å²) < 4.78 is 24.9. The molecule has 1 heterocycles. The highest BCUT2D eigenvalue weighted by molar-refractivity contribution is 7.92. The first kappa shape index (κ1) is 13.9. The number of amidine groups is 1. The Morgan fingerprint density at radius 3 is 2.79 bits per heavy atom. The van der Waals surface area contributed by atoms with Gasteiger partial charge in [0, 0.05) is 6.54 Å². The number of hydrogen-bond donors (Lipinski definition) is 1. The summed E-state index contributed by atoms with van der Waals surface area (Å²) in [6.45, 7) is 3.91. The number of fused-ring (bicyclic) bond motifs is 1. The number of para-hydroxylation sites is 1. The van der Waals surface area contributed by atoms with Gasteiger partial charge in [0.25, 0.3) is 0 Å². The molecule has 0 aromatic heterocycles. The van der Waals surface area contributed by atoms with E-state index in [1.54, 1.807) is 6.07 Å². The van der Waals surface area contributed by atoms with E-state index in [1.807, 2.05) is 12.1 Å². The van der Waals surface area contributed by atoms with Crippen LogP contribution in [0.15, 0.2) is 34.8 Å². The zero-order valence-electron chi connectivity index (χ0n) is 10.4. The SMILES string of the molecule is C=C(Cl)C(N)=Nc1cccc2c1N(S(C)(=O)=O)CC2. The second-order valence-corrected chi connectivity index (χ2v) is 6.63. The minimum absolute atomic E-state index is 0.0791. The van der Waals surface area contributed by atoms with E-state index in [2.05, 4.69) is 11.6 Å². The Hall–Kier alpha value is -1.53. The molecule has 0 spiro atoms. The molecule has 0 radical (unpaired) electrons. The lowest BCUT2D eigenvalue weighted by molar-refractivity contribution is 0.598. The Bertz CT molecular complexity index is 668. The van der Waals surface area contributed by atoms with E-state index in [0.29, 0.717) is 24.3 Å². The monoisotopic (exact) mass is 299 g/mol. The maximum atomic E-state index is 11.8. The molecule has 2 N–H and O–H groups in total. The molecule has 19 heavy (non-hydrogen) atoms. The van der Waals surface area contributed by atoms with E-state index in [0.717, 1.165) is 5.56 Å². The third kappa shape index (κ3) is 2.74. The molecule has 1 aromatic rings. The summed E-state index contributed by atoms with van der Waals surface area (Å²) in [7, 11) is -3.33. The maximum Gasteiger partial charge on any atom is 0.232 e. The van der Waals surface area contributed by atoms with E-state index < -0.39 is 10.0 Å². The van der Waals surface area contributed by atoms with Gasteiger partial charge in [0.1, 0.15) is 5.84 Å². The van der Waals surface area contributed by atoms with Crippen LogP contribution >= 0.6 is 11.6 Å². The third-order valence-corrected chi connectivity index (χ3v) is 4.21. The average molecular weight is 300 g/mol. The third-order valence-electron chi connectivity index (χ3n) is 2.85. The highest BCUT2D eigenvalue weighted by atomic mass is 35.5. The van der Waals surface area contributed by atoms with Crippen molar-refractivity contribution in [1.29, 1.82) is 0 Å². The molecule has 0 aliphatic carbocycles. The molecule has 2 rings (SSSR count). The molecule has 5 nitrogen and oxygen atoms in total. The Kier molecular flexibility index (Phi) is 3.56. The summed E-state index contributed by atoms with van der Waals surface area (Å²) in [5.74, 6) is 0.0791. The van der Waals surface area contributed by atoms with E-state index >= 15 is 0 Å². The van der Waals surface area contributed by atoms with E-state index in [9.17, 15) is 8.42 Å². The van der Waals surface area contributed by atoms with Gasteiger partial charge in [-0.1, -0.05) is 30.3 Å². The fourth-order valence-electron chi connectivity index (χ4n) is 2.01. The summed E-state index contributed by atoms with van der Waals surface area (Å²) in [4.78, 5) is 4.15. The molecule has 7 heteroatoms. The lowest BCUT2D eigenvalue weighted by Crippen LogP contribution is -2.27. The molecule has 0 saturated carbocycles. The van der Waals surface area contributed by atoms with Crippen molar-refractivity contribution < 1.29 is 8.42 Å². The quantitative estimate of drug-likeness (QED) is 0.682. The van der Waals surface area contributed by atoms with Gasteiger partial charge in [-0.15, -0.1) is 0 Å². The number of anilines is 1. The van der Waals surface area contributed by atoms with E-state index in [-0.39, 0.29) is 10.9 Å². The molecule has 0 saturated heterocycles. The Morgan fingerprint density at radius 1 is 1.53 bits per heavy atom. The van der Waals surface area contributed by atoms with Gasteiger partial charge >= 0.3 is 0 Å². The second kappa shape index (κ2) is 4.86. The normalized spacial score (nSPS) is 15.5. The predicted molar refractivity (Wildman–Crippen MR) is 78.6 cm³/mol. The van der Waals surface area contributed by atoms with Crippen molar-refractivity contribution in [3.63, 3.8) is 0 Å². The van der Waals surface area contributed by atoms with Gasteiger partial charge in [0.05, 0.1) is 22.7 Å². The molecule has 0 fully saturated rings. The van der Waals surface area contributed by atoms with Gasteiger partial charge in [-0.25, -0.2) is 13.4 Å². The number of benzene rings is 1. The highest BCUT2D eigenvalue weighted by Gasteiger charge is 2.28. The topological polar surface area (TPSA) is 75.8 Å². The molecule has 1 aromatic carbocycles. The minimum Gasteiger partial charge on any atom is -0.382 e. The van der Waals surface area contributed by atoms with Gasteiger partial charge in [-0.3, -0.25) is 4.31 Å². The van der Waals surface area contributed by atoms with Crippen LogP contribution < -0.4 is 10.0 Å². The largest absolute Gasteiger partial charge is 0.382 e. The van der Waals surface area contributed by atoms with Crippen LogP contribution in [0.5, 0.6) is 0 Å². The lowest BCUT2D eigenvalue weighted by Gasteiger charge is -2.18. The highest BCUT2D eigenvalue weighted by Crippen LogP contribution is 2.38. The number of sulfonamides is 1. The van der Waals surface area contributed by atoms with Crippen molar-refractivity contribution in [2.45, 2.75) is 6.42 Å². The fourth-order valence-corrected chi connectivity index (χ4v) is 3.02. The zero-order valence-corrected chi connectivity index (χ0v) is 12.0. The van der Waals surface area contributed by atoms with Crippen molar-refractivity contribution in [3.8, 4) is 0 Å². The molecule has 0 amide bonds. The molecular weight excluding hydrogens is 286 g/mol. The van der Waals surface area contributed by atoms with Crippen LogP contribution in [0, 0.1) is 0 Å². The van der Waals surface area contributed by atoms with Crippen molar-refractivity contribution >= 4 is 38.8 Å². The predicted octanol–water partition coefficient (Wildman–Crippen LogP) is 1.75. The average Bonchev–Trinajstić information content (AvgIpc) is 2.73. The number of aliphatic imine (C=N–C) groups is 1. The summed E-state index contributed by atoms with van der Waals surface area (Å²) in [6, 6.07) is 5.40. The van der Waals surface area contributed by atoms with Crippen molar-refractivity contribution in [3.05, 3.63) is 35.4 Å². The summed E-state index contributed by atoms with van der Waals surface area (Å²) in [5.41, 5.74) is 7.64. The van der Waals surface area contributed by atoms with Crippen LogP contribution in [-0.4, -0.2) is 27.1 Å². The Morgan fingerprint density at radius 2 is 2.21 bits per heavy atom. The smallest absolute Gasteiger partial charge is 0.232 e. The number of halogens is 1. The van der Waals surface area contributed by atoms with Crippen molar-refractivity contribution in [1.82, 2.24) is 0 Å². The molecule has 1 aliphatic rings. The standard InChI is InChI=1S/C12H14ClN3O2S/c1-8(13)12(14)15-10-5-3-4-9-6-7-16(11(9)10)19(2,17)18/h3-5H,1,6-7H2,2H3,(H2,14,15). The van der Waals surface area contributed by atoms with Crippen LogP contribution in [0.2, 0.25) is 0 Å². The van der Waals surface area contributed by atoms with Crippen molar-refractivity contribution in [2.75, 3.05) is 17.1 Å². The van der Waals surface area contributed by atoms with E-state index in [4.69, 9.17) is 17.3 Å². The van der Waals surface area contributed by atoms with Gasteiger partial charge in [-0.05, 0) is 18.1 Å². The van der Waals surface area contributed by atoms with Gasteiger partial charge in [0.2, 0.25) is 10.0 Å². The molecule has 102 valence electrons. The zero-order chi connectivity index (χ0) is 14.2. The Labute approximate surface area is 117 Å².